The lowest BCUT2D eigenvalue weighted by atomic mass is 10.1. The Hall–Kier alpha value is -1.68. The Morgan fingerprint density at radius 1 is 0.606 bits per heavy atom. The standard InChI is InChI=1S/C30H46O2Si/c1-2-3-4-5-6-7-8-9-10-11-12-13-14-15-16-23-28-32-33(31,29-24-19-17-20-25-29)30-26-21-18-22-27-30/h9-10,17-22,24-27,31H,2-8,11-16,23,28H2,1H3/b10-9-. The largest absolute Gasteiger partial charge is 0.404 e. The lowest BCUT2D eigenvalue weighted by Gasteiger charge is -2.25. The second kappa shape index (κ2) is 17.7. The summed E-state index contributed by atoms with van der Waals surface area (Å²) in [4.78, 5) is 11.5. The highest BCUT2D eigenvalue weighted by Gasteiger charge is 2.38. The Labute approximate surface area is 204 Å². The molecule has 0 atom stereocenters. The van der Waals surface area contributed by atoms with Crippen molar-refractivity contribution in [3.63, 3.8) is 0 Å². The van der Waals surface area contributed by atoms with Crippen molar-refractivity contribution in [2.45, 2.75) is 96.8 Å². The van der Waals surface area contributed by atoms with Crippen LogP contribution in [-0.4, -0.2) is 20.0 Å². The maximum atomic E-state index is 11.5. The summed E-state index contributed by atoms with van der Waals surface area (Å²) in [5.74, 6) is 0. The van der Waals surface area contributed by atoms with Gasteiger partial charge < -0.3 is 9.22 Å². The zero-order valence-electron chi connectivity index (χ0n) is 20.9. The lowest BCUT2D eigenvalue weighted by Crippen LogP contribution is -2.61. The number of benzene rings is 2. The number of hydrogen-bond donors (Lipinski definition) is 1. The molecule has 0 radical (unpaired) electrons. The predicted molar refractivity (Wildman–Crippen MR) is 146 cm³/mol. The van der Waals surface area contributed by atoms with Crippen LogP contribution in [0.4, 0.5) is 0 Å². The maximum Gasteiger partial charge on any atom is 0.404 e. The van der Waals surface area contributed by atoms with E-state index in [2.05, 4.69) is 19.1 Å². The van der Waals surface area contributed by atoms with Gasteiger partial charge in [0.25, 0.3) is 0 Å². The van der Waals surface area contributed by atoms with Crippen molar-refractivity contribution in [1.82, 2.24) is 0 Å². The van der Waals surface area contributed by atoms with Crippen molar-refractivity contribution in [3.8, 4) is 0 Å². The van der Waals surface area contributed by atoms with Gasteiger partial charge in [-0.15, -0.1) is 0 Å². The van der Waals surface area contributed by atoms with Crippen LogP contribution in [0.15, 0.2) is 72.8 Å². The molecular formula is C30H46O2Si. The summed E-state index contributed by atoms with van der Waals surface area (Å²) in [6.45, 7) is 2.89. The van der Waals surface area contributed by atoms with Gasteiger partial charge >= 0.3 is 8.56 Å². The highest BCUT2D eigenvalue weighted by atomic mass is 28.4. The van der Waals surface area contributed by atoms with Gasteiger partial charge in [-0.25, -0.2) is 0 Å². The zero-order chi connectivity index (χ0) is 23.5. The fraction of sp³-hybridized carbons (Fsp3) is 0.533. The Kier molecular flexibility index (Phi) is 14.8. The maximum absolute atomic E-state index is 11.5. The van der Waals surface area contributed by atoms with Gasteiger partial charge in [-0.1, -0.05) is 138 Å². The first kappa shape index (κ1) is 27.6. The zero-order valence-corrected chi connectivity index (χ0v) is 21.9. The van der Waals surface area contributed by atoms with Crippen LogP contribution >= 0.6 is 0 Å². The molecule has 3 heteroatoms. The molecule has 2 aromatic carbocycles. The Morgan fingerprint density at radius 3 is 1.52 bits per heavy atom. The molecule has 0 unspecified atom stereocenters. The highest BCUT2D eigenvalue weighted by molar-refractivity contribution is 6.91. The summed E-state index contributed by atoms with van der Waals surface area (Å²) in [6.07, 6.45) is 22.9. The molecule has 0 aliphatic carbocycles. The molecule has 0 aliphatic rings. The summed E-state index contributed by atoms with van der Waals surface area (Å²) < 4.78 is 6.21. The second-order valence-electron chi connectivity index (χ2n) is 9.16. The number of rotatable bonds is 19. The number of allylic oxidation sites excluding steroid dienone is 2. The highest BCUT2D eigenvalue weighted by Crippen LogP contribution is 2.11. The van der Waals surface area contributed by atoms with E-state index in [0.29, 0.717) is 6.61 Å². The van der Waals surface area contributed by atoms with E-state index in [1.807, 2.05) is 60.7 Å². The molecule has 0 fully saturated rings. The second-order valence-corrected chi connectivity index (χ2v) is 11.9. The number of unbranched alkanes of at least 4 members (excludes halogenated alkanes) is 12. The van der Waals surface area contributed by atoms with Crippen molar-refractivity contribution >= 4 is 18.9 Å². The summed E-state index contributed by atoms with van der Waals surface area (Å²) >= 11 is 0. The molecule has 2 rings (SSSR count). The van der Waals surface area contributed by atoms with Crippen LogP contribution in [0, 0.1) is 0 Å². The monoisotopic (exact) mass is 466 g/mol. The summed E-state index contributed by atoms with van der Waals surface area (Å²) in [7, 11) is -3.12. The van der Waals surface area contributed by atoms with Gasteiger partial charge in [-0.05, 0) is 42.5 Å². The third-order valence-corrected chi connectivity index (χ3v) is 9.15. The minimum Gasteiger partial charge on any atom is -0.404 e. The molecule has 0 saturated carbocycles. The Balaban J connectivity index is 1.53. The molecule has 0 saturated heterocycles. The van der Waals surface area contributed by atoms with Gasteiger partial charge in [0.05, 0.1) is 0 Å². The van der Waals surface area contributed by atoms with Crippen LogP contribution in [0.1, 0.15) is 96.8 Å². The smallest absolute Gasteiger partial charge is 0.404 e. The van der Waals surface area contributed by atoms with Crippen molar-refractivity contribution in [1.29, 1.82) is 0 Å². The van der Waals surface area contributed by atoms with Gasteiger partial charge in [-0.3, -0.25) is 0 Å². The molecule has 2 nitrogen and oxygen atoms in total. The van der Waals surface area contributed by atoms with Crippen molar-refractivity contribution in [2.75, 3.05) is 6.61 Å². The average molecular weight is 467 g/mol. The molecule has 1 N–H and O–H groups in total. The minimum absolute atomic E-state index is 0.619. The first-order valence-electron chi connectivity index (χ1n) is 13.4. The molecule has 182 valence electrons. The van der Waals surface area contributed by atoms with Gasteiger partial charge in [0.1, 0.15) is 0 Å². The fourth-order valence-electron chi connectivity index (χ4n) is 4.23. The van der Waals surface area contributed by atoms with E-state index >= 15 is 0 Å². The van der Waals surface area contributed by atoms with E-state index in [9.17, 15) is 4.80 Å². The molecule has 0 aromatic heterocycles. The van der Waals surface area contributed by atoms with Gasteiger partial charge in [-0.2, -0.15) is 0 Å². The van der Waals surface area contributed by atoms with E-state index in [-0.39, 0.29) is 0 Å². The normalized spacial score (nSPS) is 11.9. The molecule has 0 aliphatic heterocycles. The van der Waals surface area contributed by atoms with E-state index < -0.39 is 8.56 Å². The quantitative estimate of drug-likeness (QED) is 0.134. The molecule has 0 bridgehead atoms. The topological polar surface area (TPSA) is 29.5 Å². The lowest BCUT2D eigenvalue weighted by molar-refractivity contribution is 0.246. The van der Waals surface area contributed by atoms with Gasteiger partial charge in [0.15, 0.2) is 0 Å². The molecule has 33 heavy (non-hydrogen) atoms. The van der Waals surface area contributed by atoms with E-state index in [4.69, 9.17) is 4.43 Å². The first-order valence-corrected chi connectivity index (χ1v) is 15.3. The van der Waals surface area contributed by atoms with Crippen LogP contribution in [0.3, 0.4) is 0 Å². The first-order chi connectivity index (χ1) is 16.3. The molecular weight excluding hydrogens is 420 g/mol. The summed E-state index contributed by atoms with van der Waals surface area (Å²) in [5.41, 5.74) is 0. The Morgan fingerprint density at radius 2 is 1.03 bits per heavy atom. The van der Waals surface area contributed by atoms with Gasteiger partial charge in [0, 0.05) is 6.61 Å². The van der Waals surface area contributed by atoms with Crippen LogP contribution in [-0.2, 0) is 4.43 Å². The van der Waals surface area contributed by atoms with Crippen LogP contribution in [0.5, 0.6) is 0 Å². The predicted octanol–water partition coefficient (Wildman–Crippen LogP) is 7.29. The van der Waals surface area contributed by atoms with E-state index in [0.717, 1.165) is 16.8 Å². The molecule has 0 heterocycles. The molecule has 0 amide bonds. The van der Waals surface area contributed by atoms with Crippen molar-refractivity contribution in [2.24, 2.45) is 0 Å². The van der Waals surface area contributed by atoms with Crippen LogP contribution in [0.2, 0.25) is 0 Å². The van der Waals surface area contributed by atoms with E-state index in [1.54, 1.807) is 0 Å². The molecule has 0 spiro atoms. The van der Waals surface area contributed by atoms with Gasteiger partial charge in [0.2, 0.25) is 0 Å². The summed E-state index contributed by atoms with van der Waals surface area (Å²) in [6, 6.07) is 19.8. The number of hydrogen-bond acceptors (Lipinski definition) is 2. The minimum atomic E-state index is -3.12. The van der Waals surface area contributed by atoms with E-state index in [1.165, 1.54) is 83.5 Å². The van der Waals surface area contributed by atoms with Crippen LogP contribution < -0.4 is 10.4 Å². The van der Waals surface area contributed by atoms with Crippen LogP contribution in [0.25, 0.3) is 0 Å². The fourth-order valence-corrected chi connectivity index (χ4v) is 6.63. The average Bonchev–Trinajstić information content (AvgIpc) is 2.87. The SMILES string of the molecule is CCCCCCCC/C=C\CCCCCCCCO[Si](O)(c1ccccc1)c1ccccc1. The van der Waals surface area contributed by atoms with Crippen molar-refractivity contribution in [3.05, 3.63) is 72.8 Å². The van der Waals surface area contributed by atoms with Crippen molar-refractivity contribution < 1.29 is 9.22 Å². The summed E-state index contributed by atoms with van der Waals surface area (Å²) in [5, 5.41) is 1.83. The third-order valence-electron chi connectivity index (χ3n) is 6.30. The Bertz CT molecular complexity index is 690. The molecule has 2 aromatic rings. The third kappa shape index (κ3) is 11.3.